The lowest BCUT2D eigenvalue weighted by molar-refractivity contribution is 0.0621. The van der Waals surface area contributed by atoms with E-state index in [-0.39, 0.29) is 0 Å². The van der Waals surface area contributed by atoms with Gasteiger partial charge in [0.25, 0.3) is 0 Å². The Bertz CT molecular complexity index is 318. The lowest BCUT2D eigenvalue weighted by atomic mass is 9.93. The monoisotopic (exact) mass is 223 g/mol. The number of aromatic nitrogens is 2. The van der Waals surface area contributed by atoms with Crippen LogP contribution < -0.4 is 5.32 Å². The van der Waals surface area contributed by atoms with Crippen molar-refractivity contribution in [2.24, 2.45) is 5.92 Å². The van der Waals surface area contributed by atoms with Gasteiger partial charge < -0.3 is 14.6 Å². The Morgan fingerprint density at radius 2 is 2.31 bits per heavy atom. The van der Waals surface area contributed by atoms with Gasteiger partial charge in [0.1, 0.15) is 0 Å². The Hall–Kier alpha value is -1.03. The van der Waals surface area contributed by atoms with E-state index in [4.69, 9.17) is 4.74 Å². The molecule has 90 valence electrons. The fourth-order valence-electron chi connectivity index (χ4n) is 2.24. The van der Waals surface area contributed by atoms with Gasteiger partial charge in [-0.2, -0.15) is 0 Å². The summed E-state index contributed by atoms with van der Waals surface area (Å²) in [4.78, 5) is 4.34. The molecule has 0 aliphatic carbocycles. The second kappa shape index (κ2) is 5.34. The van der Waals surface area contributed by atoms with Gasteiger partial charge >= 0.3 is 0 Å². The molecular weight excluding hydrogens is 202 g/mol. The van der Waals surface area contributed by atoms with Crippen LogP contribution in [0.2, 0.25) is 0 Å². The number of nitrogens with zero attached hydrogens (tertiary/aromatic N) is 2. The van der Waals surface area contributed by atoms with Gasteiger partial charge in [-0.25, -0.2) is 4.98 Å². The van der Waals surface area contributed by atoms with E-state index in [9.17, 15) is 0 Å². The molecule has 0 bridgehead atoms. The topological polar surface area (TPSA) is 39.1 Å². The molecule has 1 fully saturated rings. The van der Waals surface area contributed by atoms with Crippen LogP contribution in [0.3, 0.4) is 0 Å². The highest BCUT2D eigenvalue weighted by Gasteiger charge is 2.21. The molecule has 1 aliphatic heterocycles. The number of nitrogens with one attached hydrogen (secondary N) is 1. The third-order valence-electron chi connectivity index (χ3n) is 3.39. The van der Waals surface area contributed by atoms with Crippen LogP contribution >= 0.6 is 0 Å². The molecule has 0 saturated carbocycles. The molecule has 0 spiro atoms. The maximum atomic E-state index is 5.38. The number of anilines is 1. The predicted octanol–water partition coefficient (Wildman–Crippen LogP) is 2.13. The summed E-state index contributed by atoms with van der Waals surface area (Å²) in [6.07, 6.45) is 6.17. The van der Waals surface area contributed by atoms with Crippen molar-refractivity contribution in [2.75, 3.05) is 18.5 Å². The molecule has 1 unspecified atom stereocenters. The first-order chi connectivity index (χ1) is 7.81. The summed E-state index contributed by atoms with van der Waals surface area (Å²) in [7, 11) is 0. The minimum absolute atomic E-state index is 0.469. The van der Waals surface area contributed by atoms with Crippen LogP contribution in [0.25, 0.3) is 0 Å². The molecule has 2 rings (SSSR count). The second-order valence-electron chi connectivity index (χ2n) is 4.42. The molecule has 1 aromatic heterocycles. The van der Waals surface area contributed by atoms with Crippen LogP contribution in [0.1, 0.15) is 26.7 Å². The van der Waals surface area contributed by atoms with Gasteiger partial charge in [0.15, 0.2) is 0 Å². The molecule has 4 heteroatoms. The minimum atomic E-state index is 0.469. The van der Waals surface area contributed by atoms with Gasteiger partial charge in [0.2, 0.25) is 5.95 Å². The molecule has 1 atom stereocenters. The average Bonchev–Trinajstić information content (AvgIpc) is 2.77. The van der Waals surface area contributed by atoms with Crippen molar-refractivity contribution < 1.29 is 4.74 Å². The Kier molecular flexibility index (Phi) is 3.83. The normalized spacial score (nSPS) is 19.6. The average molecular weight is 223 g/mol. The highest BCUT2D eigenvalue weighted by atomic mass is 16.5. The highest BCUT2D eigenvalue weighted by Crippen LogP contribution is 2.21. The summed E-state index contributed by atoms with van der Waals surface area (Å²) in [6, 6.07) is 0.469. The first-order valence-electron chi connectivity index (χ1n) is 6.16. The van der Waals surface area contributed by atoms with Crippen LogP contribution in [0.15, 0.2) is 12.4 Å². The first-order valence-corrected chi connectivity index (χ1v) is 6.16. The number of imidazole rings is 1. The minimum Gasteiger partial charge on any atom is -0.381 e. The maximum Gasteiger partial charge on any atom is 0.202 e. The lowest BCUT2D eigenvalue weighted by Crippen LogP contribution is -2.31. The Morgan fingerprint density at radius 1 is 1.56 bits per heavy atom. The largest absolute Gasteiger partial charge is 0.381 e. The Labute approximate surface area is 97.0 Å². The van der Waals surface area contributed by atoms with Crippen LogP contribution in [0, 0.1) is 5.92 Å². The van der Waals surface area contributed by atoms with Gasteiger partial charge in [0.05, 0.1) is 0 Å². The van der Waals surface area contributed by atoms with E-state index in [1.807, 2.05) is 12.4 Å². The van der Waals surface area contributed by atoms with E-state index >= 15 is 0 Å². The quantitative estimate of drug-likeness (QED) is 0.850. The maximum absolute atomic E-state index is 5.38. The molecular formula is C12H21N3O. The Balaban J connectivity index is 1.93. The number of ether oxygens (including phenoxy) is 1. The van der Waals surface area contributed by atoms with Gasteiger partial charge in [-0.05, 0) is 32.6 Å². The smallest absolute Gasteiger partial charge is 0.202 e. The van der Waals surface area contributed by atoms with Crippen molar-refractivity contribution in [2.45, 2.75) is 39.3 Å². The molecule has 0 aromatic carbocycles. The van der Waals surface area contributed by atoms with Crippen molar-refractivity contribution >= 4 is 5.95 Å². The van der Waals surface area contributed by atoms with E-state index in [1.54, 1.807) is 0 Å². The fourth-order valence-corrected chi connectivity index (χ4v) is 2.24. The molecule has 1 aliphatic rings. The first kappa shape index (κ1) is 11.5. The van der Waals surface area contributed by atoms with Crippen LogP contribution in [-0.2, 0) is 11.3 Å². The van der Waals surface area contributed by atoms with Crippen LogP contribution in [-0.4, -0.2) is 28.8 Å². The number of aryl methyl sites for hydroxylation is 1. The van der Waals surface area contributed by atoms with Crippen molar-refractivity contribution in [3.8, 4) is 0 Å². The zero-order chi connectivity index (χ0) is 11.4. The third-order valence-corrected chi connectivity index (χ3v) is 3.39. The van der Waals surface area contributed by atoms with Crippen LogP contribution in [0.5, 0.6) is 0 Å². The van der Waals surface area contributed by atoms with E-state index in [2.05, 4.69) is 28.7 Å². The summed E-state index contributed by atoms with van der Waals surface area (Å²) >= 11 is 0. The molecule has 0 amide bonds. The van der Waals surface area contributed by atoms with Gasteiger partial charge in [-0.3, -0.25) is 0 Å². The van der Waals surface area contributed by atoms with Gasteiger partial charge in [-0.1, -0.05) is 0 Å². The zero-order valence-corrected chi connectivity index (χ0v) is 10.1. The SMILES string of the molecule is CCn1ccnc1NC(C)C1CCOCC1. The lowest BCUT2D eigenvalue weighted by Gasteiger charge is -2.28. The van der Waals surface area contributed by atoms with Crippen molar-refractivity contribution in [3.63, 3.8) is 0 Å². The number of rotatable bonds is 4. The molecule has 0 radical (unpaired) electrons. The van der Waals surface area contributed by atoms with Crippen molar-refractivity contribution in [1.29, 1.82) is 0 Å². The number of hydrogen-bond acceptors (Lipinski definition) is 3. The fraction of sp³-hybridized carbons (Fsp3) is 0.750. The molecule has 1 N–H and O–H groups in total. The van der Waals surface area contributed by atoms with Gasteiger partial charge in [-0.15, -0.1) is 0 Å². The molecule has 4 nitrogen and oxygen atoms in total. The molecule has 1 aromatic rings. The van der Waals surface area contributed by atoms with Gasteiger partial charge in [0, 0.05) is 38.2 Å². The standard InChI is InChI=1S/C12H21N3O/c1-3-15-7-6-13-12(15)14-10(2)11-4-8-16-9-5-11/h6-7,10-11H,3-5,8-9H2,1-2H3,(H,13,14). The van der Waals surface area contributed by atoms with E-state index in [0.717, 1.165) is 38.5 Å². The van der Waals surface area contributed by atoms with Crippen LogP contribution in [0.4, 0.5) is 5.95 Å². The zero-order valence-electron chi connectivity index (χ0n) is 10.1. The molecule has 1 saturated heterocycles. The predicted molar refractivity (Wildman–Crippen MR) is 64.5 cm³/mol. The second-order valence-corrected chi connectivity index (χ2v) is 4.42. The van der Waals surface area contributed by atoms with Crippen molar-refractivity contribution in [1.82, 2.24) is 9.55 Å². The third kappa shape index (κ3) is 2.55. The summed E-state index contributed by atoms with van der Waals surface area (Å²) in [5.41, 5.74) is 0. The Morgan fingerprint density at radius 3 is 3.00 bits per heavy atom. The van der Waals surface area contributed by atoms with E-state index in [1.165, 1.54) is 0 Å². The highest BCUT2D eigenvalue weighted by molar-refractivity contribution is 5.27. The summed E-state index contributed by atoms with van der Waals surface area (Å²) in [6.45, 7) is 7.14. The van der Waals surface area contributed by atoms with Crippen molar-refractivity contribution in [3.05, 3.63) is 12.4 Å². The number of hydrogen-bond donors (Lipinski definition) is 1. The summed E-state index contributed by atoms with van der Waals surface area (Å²) in [5, 5.41) is 3.51. The summed E-state index contributed by atoms with van der Waals surface area (Å²) < 4.78 is 7.52. The summed E-state index contributed by atoms with van der Waals surface area (Å²) in [5.74, 6) is 1.69. The van der Waals surface area contributed by atoms with E-state index in [0.29, 0.717) is 12.0 Å². The van der Waals surface area contributed by atoms with E-state index < -0.39 is 0 Å². The molecule has 2 heterocycles. The molecule has 16 heavy (non-hydrogen) atoms.